The molecule has 3 rings (SSSR count). The maximum absolute atomic E-state index is 11.5. The Labute approximate surface area is 187 Å². The SMILES string of the molecule is COc1cccc([C@]2(CNS(N)(=O)=O)CC[C@@H](N3CCN(C)CC3)CC2)c1.Cl.Cl. The Bertz CT molecular complexity index is 735. The van der Waals surface area contributed by atoms with Crippen LogP contribution in [0, 0.1) is 0 Å². The maximum atomic E-state index is 11.5. The minimum Gasteiger partial charge on any atom is -0.497 e. The Morgan fingerprint density at radius 3 is 2.34 bits per heavy atom. The van der Waals surface area contributed by atoms with E-state index in [-0.39, 0.29) is 30.2 Å². The molecule has 0 spiro atoms. The number of nitrogens with two attached hydrogens (primary N) is 1. The van der Waals surface area contributed by atoms with Crippen molar-refractivity contribution in [3.63, 3.8) is 0 Å². The predicted octanol–water partition coefficient (Wildman–Crippen LogP) is 1.76. The van der Waals surface area contributed by atoms with Crippen LogP contribution in [0.3, 0.4) is 0 Å². The van der Waals surface area contributed by atoms with Crippen LogP contribution in [-0.4, -0.2) is 71.1 Å². The molecule has 1 heterocycles. The fraction of sp³-hybridized carbons (Fsp3) is 0.684. The van der Waals surface area contributed by atoms with E-state index in [2.05, 4.69) is 27.6 Å². The molecule has 0 unspecified atom stereocenters. The Morgan fingerprint density at radius 1 is 1.17 bits per heavy atom. The van der Waals surface area contributed by atoms with Crippen LogP contribution in [0.25, 0.3) is 0 Å². The van der Waals surface area contributed by atoms with Crippen LogP contribution in [0.2, 0.25) is 0 Å². The van der Waals surface area contributed by atoms with Crippen LogP contribution < -0.4 is 14.6 Å². The Kier molecular flexibility index (Phi) is 10.1. The van der Waals surface area contributed by atoms with Crippen molar-refractivity contribution in [2.75, 3.05) is 46.9 Å². The van der Waals surface area contributed by atoms with Gasteiger partial charge in [0.2, 0.25) is 0 Å². The van der Waals surface area contributed by atoms with E-state index in [0.29, 0.717) is 12.6 Å². The number of nitrogens with one attached hydrogen (secondary N) is 1. The molecule has 1 saturated carbocycles. The molecule has 1 aromatic carbocycles. The lowest BCUT2D eigenvalue weighted by Crippen LogP contribution is -2.52. The second kappa shape index (κ2) is 11.1. The molecule has 0 amide bonds. The van der Waals surface area contributed by atoms with E-state index in [4.69, 9.17) is 9.88 Å². The van der Waals surface area contributed by atoms with Crippen molar-refractivity contribution < 1.29 is 13.2 Å². The fourth-order valence-corrected chi connectivity index (χ4v) is 4.94. The lowest BCUT2D eigenvalue weighted by molar-refractivity contribution is 0.0751. The average molecular weight is 469 g/mol. The van der Waals surface area contributed by atoms with Crippen molar-refractivity contribution >= 4 is 35.0 Å². The largest absolute Gasteiger partial charge is 0.497 e. The average Bonchev–Trinajstić information content (AvgIpc) is 2.67. The van der Waals surface area contributed by atoms with Crippen molar-refractivity contribution in [2.24, 2.45) is 5.14 Å². The number of methoxy groups -OCH3 is 1. The van der Waals surface area contributed by atoms with Crippen molar-refractivity contribution in [3.05, 3.63) is 29.8 Å². The zero-order valence-corrected chi connectivity index (χ0v) is 19.6. The first-order valence-corrected chi connectivity index (χ1v) is 11.2. The van der Waals surface area contributed by atoms with E-state index in [1.165, 1.54) is 0 Å². The van der Waals surface area contributed by atoms with E-state index in [1.54, 1.807) is 7.11 Å². The second-order valence-corrected chi connectivity index (χ2v) is 9.33. The van der Waals surface area contributed by atoms with Crippen LogP contribution in [0.15, 0.2) is 24.3 Å². The lowest BCUT2D eigenvalue weighted by atomic mass is 9.68. The standard InChI is InChI=1S/C19H32N4O3S.2ClH/c1-22-10-12-23(13-11-22)17-6-8-19(9-7-17,15-21-27(20,24)25)16-4-3-5-18(14-16)26-2;;/h3-5,14,17,21H,6-13,15H2,1-2H3,(H2,20,24,25);2*1H/t17-,19-;;. The second-order valence-electron chi connectivity index (χ2n) is 7.95. The van der Waals surface area contributed by atoms with Gasteiger partial charge in [0, 0.05) is 44.2 Å². The highest BCUT2D eigenvalue weighted by Crippen LogP contribution is 2.41. The number of piperazine rings is 1. The molecule has 10 heteroatoms. The first-order valence-electron chi connectivity index (χ1n) is 9.66. The van der Waals surface area contributed by atoms with E-state index < -0.39 is 10.2 Å². The van der Waals surface area contributed by atoms with Gasteiger partial charge in [-0.2, -0.15) is 8.42 Å². The minimum atomic E-state index is -3.72. The van der Waals surface area contributed by atoms with Gasteiger partial charge >= 0.3 is 0 Å². The van der Waals surface area contributed by atoms with Crippen molar-refractivity contribution in [1.29, 1.82) is 0 Å². The summed E-state index contributed by atoms with van der Waals surface area (Å²) < 4.78 is 31.0. The van der Waals surface area contributed by atoms with Gasteiger partial charge in [-0.05, 0) is 50.4 Å². The fourth-order valence-electron chi connectivity index (χ4n) is 4.47. The van der Waals surface area contributed by atoms with E-state index in [0.717, 1.165) is 63.2 Å². The molecular weight excluding hydrogens is 435 g/mol. The molecule has 0 radical (unpaired) electrons. The summed E-state index contributed by atoms with van der Waals surface area (Å²) in [6.45, 7) is 4.79. The van der Waals surface area contributed by atoms with Gasteiger partial charge in [-0.3, -0.25) is 4.90 Å². The normalized spacial score (nSPS) is 26.2. The van der Waals surface area contributed by atoms with Gasteiger partial charge < -0.3 is 9.64 Å². The summed E-state index contributed by atoms with van der Waals surface area (Å²) in [5.74, 6) is 0.795. The molecule has 1 aromatic rings. The van der Waals surface area contributed by atoms with Crippen molar-refractivity contribution in [3.8, 4) is 5.75 Å². The van der Waals surface area contributed by atoms with Gasteiger partial charge in [0.15, 0.2) is 0 Å². The first-order chi connectivity index (χ1) is 12.8. The summed E-state index contributed by atoms with van der Waals surface area (Å²) >= 11 is 0. The molecule has 1 aliphatic carbocycles. The van der Waals surface area contributed by atoms with Gasteiger partial charge in [-0.1, -0.05) is 12.1 Å². The summed E-state index contributed by atoms with van der Waals surface area (Å²) in [4.78, 5) is 4.97. The maximum Gasteiger partial charge on any atom is 0.274 e. The van der Waals surface area contributed by atoms with E-state index >= 15 is 0 Å². The third-order valence-corrected chi connectivity index (χ3v) is 6.81. The van der Waals surface area contributed by atoms with Gasteiger partial charge in [0.1, 0.15) is 5.75 Å². The third kappa shape index (κ3) is 6.95. The number of hydrogen-bond donors (Lipinski definition) is 2. The Hall–Kier alpha value is -0.610. The van der Waals surface area contributed by atoms with Gasteiger partial charge in [-0.25, -0.2) is 9.86 Å². The highest BCUT2D eigenvalue weighted by molar-refractivity contribution is 7.87. The number of halogens is 2. The lowest BCUT2D eigenvalue weighted by Gasteiger charge is -2.46. The molecule has 29 heavy (non-hydrogen) atoms. The molecule has 0 aromatic heterocycles. The zero-order chi connectivity index (χ0) is 19.5. The molecular formula is C19H34Cl2N4O3S. The number of likely N-dealkylation sites (N-methyl/N-ethyl adjacent to an activating group) is 1. The van der Waals surface area contributed by atoms with Crippen molar-refractivity contribution in [2.45, 2.75) is 37.1 Å². The number of ether oxygens (including phenoxy) is 1. The van der Waals surface area contributed by atoms with Crippen molar-refractivity contribution in [1.82, 2.24) is 14.5 Å². The van der Waals surface area contributed by atoms with Crippen LogP contribution in [0.1, 0.15) is 31.2 Å². The van der Waals surface area contributed by atoms with Crippen LogP contribution in [-0.2, 0) is 15.6 Å². The smallest absolute Gasteiger partial charge is 0.274 e. The van der Waals surface area contributed by atoms with Crippen LogP contribution in [0.5, 0.6) is 5.75 Å². The third-order valence-electron chi connectivity index (χ3n) is 6.26. The van der Waals surface area contributed by atoms with E-state index in [9.17, 15) is 8.42 Å². The molecule has 0 bridgehead atoms. The number of nitrogens with zero attached hydrogens (tertiary/aromatic N) is 2. The van der Waals surface area contributed by atoms with Gasteiger partial charge in [-0.15, -0.1) is 24.8 Å². The predicted molar refractivity (Wildman–Crippen MR) is 122 cm³/mol. The summed E-state index contributed by atoms with van der Waals surface area (Å²) in [6, 6.07) is 8.57. The molecule has 7 nitrogen and oxygen atoms in total. The molecule has 2 fully saturated rings. The number of hydrogen-bond acceptors (Lipinski definition) is 5. The van der Waals surface area contributed by atoms with Crippen LogP contribution in [0.4, 0.5) is 0 Å². The minimum absolute atomic E-state index is 0. The Balaban J connectivity index is 0.00000210. The zero-order valence-electron chi connectivity index (χ0n) is 17.2. The summed E-state index contributed by atoms with van der Waals surface area (Å²) in [5.41, 5.74) is 0.874. The first kappa shape index (κ1) is 26.4. The van der Waals surface area contributed by atoms with E-state index in [1.807, 2.05) is 18.2 Å². The number of rotatable bonds is 6. The van der Waals surface area contributed by atoms with Gasteiger partial charge in [0.05, 0.1) is 7.11 Å². The molecule has 0 atom stereocenters. The van der Waals surface area contributed by atoms with Gasteiger partial charge in [0.25, 0.3) is 10.2 Å². The summed E-state index contributed by atoms with van der Waals surface area (Å²) in [6.07, 6.45) is 3.99. The highest BCUT2D eigenvalue weighted by Gasteiger charge is 2.39. The highest BCUT2D eigenvalue weighted by atomic mass is 35.5. The van der Waals surface area contributed by atoms with Crippen LogP contribution >= 0.6 is 24.8 Å². The summed E-state index contributed by atoms with van der Waals surface area (Å²) in [7, 11) is 0.100. The topological polar surface area (TPSA) is 87.9 Å². The monoisotopic (exact) mass is 468 g/mol. The molecule has 168 valence electrons. The molecule has 1 aliphatic heterocycles. The number of benzene rings is 1. The molecule has 3 N–H and O–H groups in total. The molecule has 2 aliphatic rings. The quantitative estimate of drug-likeness (QED) is 0.663. The Morgan fingerprint density at radius 2 is 1.79 bits per heavy atom. The summed E-state index contributed by atoms with van der Waals surface area (Å²) in [5, 5.41) is 5.23. The molecule has 1 saturated heterocycles.